The van der Waals surface area contributed by atoms with Crippen molar-refractivity contribution < 1.29 is 31.7 Å². The van der Waals surface area contributed by atoms with Crippen LogP contribution < -0.4 is 19.4 Å². The largest absolute Gasteiger partial charge is 0.497 e. The molecule has 6 aliphatic heterocycles. The normalized spacial score (nSPS) is 28.2. The molecular formula is C63H79N9O7S5. The minimum absolute atomic E-state index is 0.0197. The summed E-state index contributed by atoms with van der Waals surface area (Å²) in [5, 5.41) is 4.14. The molecule has 6 fully saturated rings. The van der Waals surface area contributed by atoms with Crippen LogP contribution in [0.5, 0.6) is 5.75 Å². The molecule has 448 valence electrons. The van der Waals surface area contributed by atoms with Gasteiger partial charge in [-0.3, -0.25) is 37.0 Å². The molecule has 0 aliphatic carbocycles. The Labute approximate surface area is 505 Å². The molecule has 4 aromatic heterocycles. The van der Waals surface area contributed by atoms with E-state index in [0.717, 1.165) is 61.2 Å². The Bertz CT molecular complexity index is 3450. The van der Waals surface area contributed by atoms with Crippen LogP contribution >= 0.6 is 22.7 Å². The standard InChI is InChI=1S/C22H28N2O3S2.C21H26N4O2S.C20H25N3O2S2/c1-27-19-6-3-5-18(15-19)23-10-11-24(20(16-23)21-7-4-12-28-21)22(25)17-8-13-29(2,26)14-9-17;1-28(27)13-7-18(8-14-28)21(26)25-12-11-24(20-15-22-9-10-23-20)16-19(25)17-5-3-2-4-6-17;1-27(25)12-6-16(7-13-27)20(24)23-10-9-22(17-4-2-8-21-14-17)15-18(23)19-5-3-11-26-19/h3-7,12,15,17,20H,2,8-11,13-14,16H2,1H3;2-6,9-10,15,18-19H,1,7-8,11-14,16H2;2-5,8,11,14,16,18H,1,6-7,9-10,12-13,15H2. The zero-order valence-electron chi connectivity index (χ0n) is 48.1. The maximum absolute atomic E-state index is 13.4. The van der Waals surface area contributed by atoms with Gasteiger partial charge in [0, 0.05) is 151 Å². The van der Waals surface area contributed by atoms with Crippen LogP contribution in [-0.2, 0) is 42.9 Å². The van der Waals surface area contributed by atoms with Crippen molar-refractivity contribution in [3.63, 3.8) is 0 Å². The number of carbonyl (C=O) groups excluding carboxylic acids is 3. The van der Waals surface area contributed by atoms with Crippen LogP contribution in [0.4, 0.5) is 17.2 Å². The number of pyridine rings is 1. The molecule has 3 atom stereocenters. The second kappa shape index (κ2) is 27.4. The molecule has 10 heterocycles. The molecule has 6 saturated heterocycles. The molecule has 0 spiro atoms. The molecule has 16 nitrogen and oxygen atoms in total. The number of aromatic nitrogens is 3. The number of methoxy groups -OCH3 is 1. The van der Waals surface area contributed by atoms with Gasteiger partial charge in [-0.05, 0) is 137 Å². The number of ether oxygens (including phenoxy) is 1. The fourth-order valence-electron chi connectivity index (χ4n) is 12.4. The van der Waals surface area contributed by atoms with Gasteiger partial charge in [0.1, 0.15) is 11.6 Å². The van der Waals surface area contributed by atoms with Crippen LogP contribution in [0.3, 0.4) is 0 Å². The lowest BCUT2D eigenvalue weighted by Gasteiger charge is -2.44. The number of piperazine rings is 3. The van der Waals surface area contributed by atoms with E-state index in [1.807, 2.05) is 59.6 Å². The third-order valence-corrected chi connectivity index (χ3v) is 25.1. The van der Waals surface area contributed by atoms with Gasteiger partial charge in [0.15, 0.2) is 0 Å². The van der Waals surface area contributed by atoms with Gasteiger partial charge in [-0.1, -0.05) is 48.5 Å². The summed E-state index contributed by atoms with van der Waals surface area (Å²) in [4.78, 5) is 68.3. The molecule has 84 heavy (non-hydrogen) atoms. The molecule has 6 aliphatic rings. The average molecular weight is 1230 g/mol. The van der Waals surface area contributed by atoms with Gasteiger partial charge in [0.2, 0.25) is 17.7 Å². The summed E-state index contributed by atoms with van der Waals surface area (Å²) < 4.78 is 41.9. The maximum Gasteiger partial charge on any atom is 0.226 e. The summed E-state index contributed by atoms with van der Waals surface area (Å²) in [7, 11) is -4.25. The van der Waals surface area contributed by atoms with Crippen LogP contribution in [0.1, 0.15) is 72.0 Å². The predicted octanol–water partition coefficient (Wildman–Crippen LogP) is 7.93. The van der Waals surface area contributed by atoms with E-state index in [1.165, 1.54) is 9.75 Å². The fraction of sp³-hybridized carbons (Fsp3) is 0.444. The summed E-state index contributed by atoms with van der Waals surface area (Å²) >= 11 is 3.40. The topological polar surface area (TPSA) is 170 Å². The number of nitrogens with zero attached hydrogens (tertiary/aromatic N) is 9. The van der Waals surface area contributed by atoms with E-state index in [1.54, 1.807) is 54.6 Å². The highest BCUT2D eigenvalue weighted by atomic mass is 32.2. The lowest BCUT2D eigenvalue weighted by molar-refractivity contribution is -0.139. The van der Waals surface area contributed by atoms with E-state index < -0.39 is 28.6 Å². The first-order chi connectivity index (χ1) is 40.5. The second-order valence-corrected chi connectivity index (χ2v) is 33.0. The highest BCUT2D eigenvalue weighted by molar-refractivity contribution is 8.00. The summed E-state index contributed by atoms with van der Waals surface area (Å²) in [6, 6.07) is 30.7. The summed E-state index contributed by atoms with van der Waals surface area (Å²) in [5.41, 5.74) is 3.34. The molecule has 3 amide bonds. The number of amides is 3. The molecule has 3 unspecified atom stereocenters. The highest BCUT2D eigenvalue weighted by Crippen LogP contribution is 2.37. The van der Waals surface area contributed by atoms with Crippen molar-refractivity contribution in [3.8, 4) is 5.75 Å². The molecule has 0 N–H and O–H groups in total. The van der Waals surface area contributed by atoms with Crippen LogP contribution in [0.2, 0.25) is 0 Å². The maximum atomic E-state index is 13.4. The Morgan fingerprint density at radius 3 is 1.42 bits per heavy atom. The van der Waals surface area contributed by atoms with Crippen molar-refractivity contribution >= 4 is 104 Å². The average Bonchev–Trinajstić information content (AvgIpc) is 4.44. The zero-order valence-corrected chi connectivity index (χ0v) is 52.1. The van der Waals surface area contributed by atoms with E-state index >= 15 is 0 Å². The summed E-state index contributed by atoms with van der Waals surface area (Å²) in [6.45, 7) is 6.58. The number of hydrogen-bond acceptors (Lipinski definition) is 15. The number of carbonyl (C=O) groups is 3. The van der Waals surface area contributed by atoms with E-state index in [9.17, 15) is 27.0 Å². The SMILES string of the molecule is C=S1(=O)CCC(C(=O)N2CCN(c3cccc(OC)c3)CC2c2cccs2)CC1.C=S1(=O)CCC(C(=O)N2CCN(c3cccnc3)CC2c2cccs2)CC1.C=S1(=O)CCC(C(=O)N2CCN(c3cnccn3)CC2c2ccccc2)CC1. The smallest absolute Gasteiger partial charge is 0.226 e. The van der Waals surface area contributed by atoms with Gasteiger partial charge in [-0.25, -0.2) is 4.98 Å². The van der Waals surface area contributed by atoms with Crippen LogP contribution in [0.15, 0.2) is 133 Å². The molecule has 0 saturated carbocycles. The molecule has 2 aromatic carbocycles. The third-order valence-electron chi connectivity index (χ3n) is 17.3. The highest BCUT2D eigenvalue weighted by Gasteiger charge is 2.40. The van der Waals surface area contributed by atoms with Crippen LogP contribution in [-0.4, -0.2) is 178 Å². The van der Waals surface area contributed by atoms with Gasteiger partial charge in [0.05, 0.1) is 43.3 Å². The molecular weight excluding hydrogens is 1160 g/mol. The molecule has 6 aromatic rings. The minimum Gasteiger partial charge on any atom is -0.497 e. The summed E-state index contributed by atoms with van der Waals surface area (Å²) in [5.74, 6) is 17.1. The predicted molar refractivity (Wildman–Crippen MR) is 348 cm³/mol. The van der Waals surface area contributed by atoms with Gasteiger partial charge >= 0.3 is 0 Å². The van der Waals surface area contributed by atoms with E-state index in [-0.39, 0.29) is 53.6 Å². The van der Waals surface area contributed by atoms with Crippen LogP contribution in [0, 0.1) is 17.8 Å². The molecule has 12 rings (SSSR count). The Morgan fingerprint density at radius 1 is 0.500 bits per heavy atom. The van der Waals surface area contributed by atoms with Gasteiger partial charge in [0.25, 0.3) is 0 Å². The molecule has 0 radical (unpaired) electrons. The van der Waals surface area contributed by atoms with E-state index in [4.69, 9.17) is 4.74 Å². The fourth-order valence-corrected chi connectivity index (χ4v) is 18.9. The lowest BCUT2D eigenvalue weighted by Crippen LogP contribution is -2.53. The van der Waals surface area contributed by atoms with E-state index in [0.29, 0.717) is 99.2 Å². The Morgan fingerprint density at radius 2 is 0.964 bits per heavy atom. The number of benzene rings is 2. The lowest BCUT2D eigenvalue weighted by atomic mass is 9.96. The number of rotatable bonds is 10. The van der Waals surface area contributed by atoms with Gasteiger partial charge in [-0.15, -0.1) is 22.7 Å². The first-order valence-electron chi connectivity index (χ1n) is 29.1. The second-order valence-electron chi connectivity index (χ2n) is 22.8. The molecule has 0 bridgehead atoms. The summed E-state index contributed by atoms with van der Waals surface area (Å²) in [6.07, 6.45) is 12.9. The van der Waals surface area contributed by atoms with Crippen molar-refractivity contribution in [2.75, 3.05) is 115 Å². The van der Waals surface area contributed by atoms with Crippen molar-refractivity contribution in [2.45, 2.75) is 56.7 Å². The minimum atomic E-state index is -1.98. The number of thiophene rings is 2. The Hall–Kier alpha value is -6.26. The number of hydrogen-bond donors (Lipinski definition) is 0. The third kappa shape index (κ3) is 15.2. The monoisotopic (exact) mass is 1230 g/mol. The Kier molecular flexibility index (Phi) is 19.9. The van der Waals surface area contributed by atoms with Gasteiger partial charge in [-0.2, -0.15) is 0 Å². The Balaban J connectivity index is 0.000000140. The van der Waals surface area contributed by atoms with Crippen molar-refractivity contribution in [3.05, 3.63) is 148 Å². The first-order valence-corrected chi connectivity index (χ1v) is 37.0. The van der Waals surface area contributed by atoms with Crippen molar-refractivity contribution in [2.24, 2.45) is 17.8 Å². The zero-order chi connectivity index (χ0) is 58.8. The number of anilines is 3. The van der Waals surface area contributed by atoms with E-state index in [2.05, 4.69) is 110 Å². The quantitative estimate of drug-likeness (QED) is 0.121. The molecule has 21 heteroatoms. The van der Waals surface area contributed by atoms with Crippen LogP contribution in [0.25, 0.3) is 0 Å². The van der Waals surface area contributed by atoms with Crippen molar-refractivity contribution in [1.82, 2.24) is 29.7 Å². The first kappa shape index (κ1) is 60.8. The van der Waals surface area contributed by atoms with Crippen molar-refractivity contribution in [1.29, 1.82) is 0 Å². The van der Waals surface area contributed by atoms with Gasteiger partial charge < -0.3 is 34.1 Å².